The van der Waals surface area contributed by atoms with Gasteiger partial charge < -0.3 is 4.74 Å². The largest absolute Gasteiger partial charge is 0.465 e. The van der Waals surface area contributed by atoms with Crippen molar-refractivity contribution in [3.05, 3.63) is 72.3 Å². The Kier molecular flexibility index (Phi) is 6.43. The Balaban J connectivity index is 1.50. The lowest BCUT2D eigenvalue weighted by molar-refractivity contribution is -0.142. The number of anilines is 2. The van der Waals surface area contributed by atoms with E-state index in [2.05, 4.69) is 5.32 Å². The van der Waals surface area contributed by atoms with Crippen molar-refractivity contribution in [1.29, 1.82) is 0 Å². The molecular formula is C30H29N3O5S. The van der Waals surface area contributed by atoms with Gasteiger partial charge in [0.25, 0.3) is 5.91 Å². The minimum absolute atomic E-state index is 0.195. The second-order valence-electron chi connectivity index (χ2n) is 10.1. The number of fused-ring (bicyclic) bond motifs is 5. The molecule has 0 radical (unpaired) electrons. The van der Waals surface area contributed by atoms with E-state index in [1.165, 1.54) is 9.80 Å². The molecular weight excluding hydrogens is 514 g/mol. The lowest BCUT2D eigenvalue weighted by Gasteiger charge is -2.30. The quantitative estimate of drug-likeness (QED) is 0.360. The van der Waals surface area contributed by atoms with Gasteiger partial charge in [0.2, 0.25) is 11.8 Å². The summed E-state index contributed by atoms with van der Waals surface area (Å²) in [6.45, 7) is 1.64. The molecule has 3 aromatic rings. The van der Waals surface area contributed by atoms with E-state index in [1.54, 1.807) is 36.9 Å². The van der Waals surface area contributed by atoms with Crippen molar-refractivity contribution in [1.82, 2.24) is 5.32 Å². The number of thioether (sulfide) groups is 1. The van der Waals surface area contributed by atoms with Crippen LogP contribution in [0.3, 0.4) is 0 Å². The molecule has 6 rings (SSSR count). The molecule has 39 heavy (non-hydrogen) atoms. The maximum atomic E-state index is 14.4. The summed E-state index contributed by atoms with van der Waals surface area (Å²) in [4.78, 5) is 58.1. The maximum absolute atomic E-state index is 14.4. The van der Waals surface area contributed by atoms with Crippen LogP contribution in [0, 0.1) is 11.8 Å². The lowest BCUT2D eigenvalue weighted by Crippen LogP contribution is -2.55. The summed E-state index contributed by atoms with van der Waals surface area (Å²) in [5, 5.41) is 5.21. The molecule has 1 spiro atoms. The predicted molar refractivity (Wildman–Crippen MR) is 150 cm³/mol. The molecule has 9 heteroatoms. The molecule has 8 nitrogen and oxygen atoms in total. The van der Waals surface area contributed by atoms with E-state index < -0.39 is 41.2 Å². The minimum Gasteiger partial charge on any atom is -0.465 e. The fraction of sp³-hybridized carbons (Fsp3) is 0.333. The monoisotopic (exact) mass is 543 g/mol. The molecule has 3 aromatic carbocycles. The molecule has 2 saturated heterocycles. The number of hydrogen-bond donors (Lipinski definition) is 1. The van der Waals surface area contributed by atoms with Crippen molar-refractivity contribution < 1.29 is 23.9 Å². The van der Waals surface area contributed by atoms with E-state index in [0.29, 0.717) is 23.4 Å². The highest BCUT2D eigenvalue weighted by atomic mass is 32.2. The molecule has 0 aromatic heterocycles. The highest BCUT2D eigenvalue weighted by Crippen LogP contribution is 2.55. The Labute approximate surface area is 230 Å². The molecule has 3 heterocycles. The average Bonchev–Trinajstić information content (AvgIpc) is 3.51. The van der Waals surface area contributed by atoms with Crippen LogP contribution in [0.1, 0.15) is 18.9 Å². The number of para-hydroxylation sites is 1. The van der Waals surface area contributed by atoms with Crippen LogP contribution in [0.2, 0.25) is 0 Å². The average molecular weight is 544 g/mol. The fourth-order valence-electron chi connectivity index (χ4n) is 6.57. The van der Waals surface area contributed by atoms with Gasteiger partial charge in [0.05, 0.1) is 24.1 Å². The lowest BCUT2D eigenvalue weighted by atomic mass is 9.76. The molecule has 0 unspecified atom stereocenters. The van der Waals surface area contributed by atoms with Crippen LogP contribution in [0.5, 0.6) is 0 Å². The normalized spacial score (nSPS) is 25.6. The summed E-state index contributed by atoms with van der Waals surface area (Å²) in [7, 11) is 0. The number of imide groups is 1. The van der Waals surface area contributed by atoms with Crippen LogP contribution >= 0.6 is 11.8 Å². The minimum atomic E-state index is -1.46. The Hall–Kier alpha value is -3.69. The van der Waals surface area contributed by atoms with E-state index in [-0.39, 0.29) is 19.1 Å². The summed E-state index contributed by atoms with van der Waals surface area (Å²) in [5.41, 5.74) is 0.236. The van der Waals surface area contributed by atoms with Crippen molar-refractivity contribution in [2.24, 2.45) is 11.8 Å². The maximum Gasteiger partial charge on any atom is 0.326 e. The first-order chi connectivity index (χ1) is 18.9. The van der Waals surface area contributed by atoms with Crippen LogP contribution in [-0.4, -0.2) is 54.9 Å². The van der Waals surface area contributed by atoms with Crippen LogP contribution in [0.15, 0.2) is 66.7 Å². The number of esters is 1. The second kappa shape index (κ2) is 9.81. The number of rotatable bonds is 7. The van der Waals surface area contributed by atoms with Crippen molar-refractivity contribution in [3.8, 4) is 0 Å². The van der Waals surface area contributed by atoms with Crippen LogP contribution in [-0.2, 0) is 29.5 Å². The first-order valence-electron chi connectivity index (χ1n) is 13.1. The number of carbonyl (C=O) groups excluding carboxylic acids is 4. The molecule has 0 bridgehead atoms. The fourth-order valence-corrected chi connectivity index (χ4v) is 7.06. The second-order valence-corrected chi connectivity index (χ2v) is 11.1. The van der Waals surface area contributed by atoms with Gasteiger partial charge >= 0.3 is 5.97 Å². The van der Waals surface area contributed by atoms with E-state index in [0.717, 1.165) is 16.5 Å². The molecule has 200 valence electrons. The third-order valence-electron chi connectivity index (χ3n) is 8.10. The van der Waals surface area contributed by atoms with Gasteiger partial charge in [-0.25, -0.2) is 4.90 Å². The first-order valence-corrected chi connectivity index (χ1v) is 14.5. The Morgan fingerprint density at radius 3 is 2.49 bits per heavy atom. The predicted octanol–water partition coefficient (Wildman–Crippen LogP) is 3.48. The summed E-state index contributed by atoms with van der Waals surface area (Å²) in [6.07, 6.45) is 2.60. The summed E-state index contributed by atoms with van der Waals surface area (Å²) >= 11 is 1.65. The van der Waals surface area contributed by atoms with Gasteiger partial charge in [-0.3, -0.25) is 29.4 Å². The van der Waals surface area contributed by atoms with E-state index in [1.807, 2.05) is 54.8 Å². The van der Waals surface area contributed by atoms with Gasteiger partial charge in [-0.15, -0.1) is 0 Å². The molecule has 1 N–H and O–H groups in total. The van der Waals surface area contributed by atoms with Crippen molar-refractivity contribution >= 4 is 57.6 Å². The Morgan fingerprint density at radius 2 is 1.69 bits per heavy atom. The van der Waals surface area contributed by atoms with Gasteiger partial charge in [0, 0.05) is 22.7 Å². The number of amides is 3. The zero-order valence-electron chi connectivity index (χ0n) is 21.8. The third-order valence-corrected chi connectivity index (χ3v) is 8.74. The van der Waals surface area contributed by atoms with E-state index in [9.17, 15) is 19.2 Å². The smallest absolute Gasteiger partial charge is 0.326 e. The summed E-state index contributed by atoms with van der Waals surface area (Å²) in [6, 6.07) is 20.0. The van der Waals surface area contributed by atoms with E-state index >= 15 is 0 Å². The van der Waals surface area contributed by atoms with Gasteiger partial charge in [0.15, 0.2) is 0 Å². The molecule has 2 fully saturated rings. The molecule has 3 aliphatic heterocycles. The van der Waals surface area contributed by atoms with Crippen molar-refractivity contribution in [3.63, 3.8) is 0 Å². The Morgan fingerprint density at radius 1 is 0.974 bits per heavy atom. The molecule has 3 amide bonds. The highest BCUT2D eigenvalue weighted by Gasteiger charge is 2.71. The number of ether oxygens (including phenoxy) is 1. The zero-order valence-corrected chi connectivity index (χ0v) is 22.6. The van der Waals surface area contributed by atoms with Crippen molar-refractivity contribution in [2.75, 3.05) is 35.0 Å². The van der Waals surface area contributed by atoms with E-state index in [4.69, 9.17) is 4.74 Å². The molecule has 3 aliphatic rings. The summed E-state index contributed by atoms with van der Waals surface area (Å²) in [5.74, 6) is -2.54. The zero-order chi connectivity index (χ0) is 27.3. The highest BCUT2D eigenvalue weighted by molar-refractivity contribution is 7.98. The number of benzene rings is 3. The van der Waals surface area contributed by atoms with Gasteiger partial charge in [-0.1, -0.05) is 54.6 Å². The SMILES string of the molecule is CCOC(=O)CN1C(=O)[C@]2(N[C@@H](CCSC)[C@H]3C(=O)N(c4cccc5ccccc45)C(=O)[C@H]32)c2ccccc21. The number of carbonyl (C=O) groups is 4. The first kappa shape index (κ1) is 25.6. The molecule has 0 saturated carbocycles. The molecule has 4 atom stereocenters. The number of nitrogens with zero attached hydrogens (tertiary/aromatic N) is 2. The van der Waals surface area contributed by atoms with Gasteiger partial charge in [0.1, 0.15) is 12.1 Å². The molecule has 0 aliphatic carbocycles. The van der Waals surface area contributed by atoms with Crippen LogP contribution in [0.4, 0.5) is 11.4 Å². The number of nitrogens with one attached hydrogen (secondary N) is 1. The van der Waals surface area contributed by atoms with Crippen LogP contribution in [0.25, 0.3) is 10.8 Å². The number of hydrogen-bond acceptors (Lipinski definition) is 7. The third kappa shape index (κ3) is 3.71. The standard InChI is InChI=1S/C30H29N3O5S/c1-3-38-24(34)17-32-23-13-7-6-12-20(23)30(29(32)37)26-25(21(31-30)15-16-39-2)27(35)33(28(26)36)22-14-8-10-18-9-4-5-11-19(18)22/h4-14,21,25-26,31H,3,15-17H2,1-2H3/t21-,25+,26-,30-/m0/s1. The summed E-state index contributed by atoms with van der Waals surface area (Å²) < 4.78 is 5.15. The van der Waals surface area contributed by atoms with Crippen molar-refractivity contribution in [2.45, 2.75) is 24.9 Å². The van der Waals surface area contributed by atoms with Gasteiger partial charge in [-0.2, -0.15) is 11.8 Å². The van der Waals surface area contributed by atoms with Gasteiger partial charge in [-0.05, 0) is 42.9 Å². The topological polar surface area (TPSA) is 96.0 Å². The Bertz CT molecular complexity index is 1500. The van der Waals surface area contributed by atoms with Crippen LogP contribution < -0.4 is 15.1 Å².